The van der Waals surface area contributed by atoms with E-state index in [0.29, 0.717) is 29.2 Å². The number of halogens is 1. The summed E-state index contributed by atoms with van der Waals surface area (Å²) in [5, 5.41) is 3.50. The van der Waals surface area contributed by atoms with E-state index >= 15 is 0 Å². The average molecular weight is 385 g/mol. The smallest absolute Gasteiger partial charge is 0.254 e. The molecule has 0 bridgehead atoms. The molecule has 1 N–H and O–H groups in total. The fourth-order valence-electron chi connectivity index (χ4n) is 3.32. The molecule has 1 saturated heterocycles. The minimum Gasteiger partial charge on any atom is -0.327 e. The first-order valence-corrected chi connectivity index (χ1v) is 9.61. The van der Waals surface area contributed by atoms with Gasteiger partial charge in [0.25, 0.3) is 5.91 Å². The molecule has 27 heavy (non-hydrogen) atoms. The third kappa shape index (κ3) is 4.51. The molecule has 0 radical (unpaired) electrons. The molecule has 1 heterocycles. The second-order valence-corrected chi connectivity index (χ2v) is 8.42. The van der Waals surface area contributed by atoms with Crippen LogP contribution < -0.4 is 5.32 Å². The maximum atomic E-state index is 12.9. The summed E-state index contributed by atoms with van der Waals surface area (Å²) in [6.07, 6.45) is 1.50. The van der Waals surface area contributed by atoms with Crippen molar-refractivity contribution in [3.63, 3.8) is 0 Å². The molecule has 0 spiro atoms. The van der Waals surface area contributed by atoms with Crippen molar-refractivity contribution >= 4 is 29.1 Å². The highest BCUT2D eigenvalue weighted by atomic mass is 35.5. The minimum absolute atomic E-state index is 0.0379. The molecule has 1 atom stereocenters. The molecule has 1 aliphatic heterocycles. The number of carbonyl (C=O) groups excluding carboxylic acids is 2. The number of rotatable bonds is 3. The highest BCUT2D eigenvalue weighted by Gasteiger charge is 2.34. The average Bonchev–Trinajstić information content (AvgIpc) is 3.12. The Morgan fingerprint density at radius 2 is 1.67 bits per heavy atom. The molecule has 0 unspecified atom stereocenters. The number of amides is 2. The Labute approximate surface area is 165 Å². The van der Waals surface area contributed by atoms with Crippen LogP contribution in [0.1, 0.15) is 49.5 Å². The Morgan fingerprint density at radius 1 is 1.04 bits per heavy atom. The van der Waals surface area contributed by atoms with Crippen molar-refractivity contribution in [2.45, 2.75) is 45.1 Å². The zero-order valence-corrected chi connectivity index (χ0v) is 16.7. The Morgan fingerprint density at radius 3 is 2.26 bits per heavy atom. The lowest BCUT2D eigenvalue weighted by Gasteiger charge is -2.25. The second kappa shape index (κ2) is 7.73. The van der Waals surface area contributed by atoms with Crippen LogP contribution in [0.15, 0.2) is 48.5 Å². The summed E-state index contributed by atoms with van der Waals surface area (Å²) in [7, 11) is 0. The van der Waals surface area contributed by atoms with Gasteiger partial charge in [-0.2, -0.15) is 0 Å². The molecule has 2 aromatic carbocycles. The normalized spacial score (nSPS) is 17.0. The number of likely N-dealkylation sites (tertiary alicyclic amines) is 1. The standard InChI is InChI=1S/C22H25ClN2O2/c1-22(2,3)16-8-6-15(7-9-16)21(27)25-14-4-5-19(25)20(26)24-18-12-10-17(23)11-13-18/h6-13,19H,4-5,14H2,1-3H3,(H,24,26)/t19-/m0/s1. The van der Waals surface area contributed by atoms with E-state index in [4.69, 9.17) is 11.6 Å². The number of nitrogens with zero attached hydrogens (tertiary/aromatic N) is 1. The number of anilines is 1. The summed E-state index contributed by atoms with van der Waals surface area (Å²) >= 11 is 5.88. The lowest BCUT2D eigenvalue weighted by molar-refractivity contribution is -0.119. The zero-order chi connectivity index (χ0) is 19.6. The summed E-state index contributed by atoms with van der Waals surface area (Å²) in [4.78, 5) is 27.3. The van der Waals surface area contributed by atoms with Crippen molar-refractivity contribution in [1.29, 1.82) is 0 Å². The van der Waals surface area contributed by atoms with Crippen molar-refractivity contribution < 1.29 is 9.59 Å². The van der Waals surface area contributed by atoms with Crippen LogP contribution in [-0.2, 0) is 10.2 Å². The molecule has 5 heteroatoms. The van der Waals surface area contributed by atoms with Gasteiger partial charge in [0, 0.05) is 22.8 Å². The Kier molecular flexibility index (Phi) is 5.56. The molecule has 0 saturated carbocycles. The molecule has 2 amide bonds. The number of hydrogen-bond acceptors (Lipinski definition) is 2. The summed E-state index contributed by atoms with van der Waals surface area (Å²) in [5.41, 5.74) is 2.51. The summed E-state index contributed by atoms with van der Waals surface area (Å²) in [6, 6.07) is 14.2. The van der Waals surface area contributed by atoms with E-state index in [9.17, 15) is 9.59 Å². The van der Waals surface area contributed by atoms with Crippen LogP contribution in [0.5, 0.6) is 0 Å². The van der Waals surface area contributed by atoms with Gasteiger partial charge in [0.15, 0.2) is 0 Å². The Bertz CT molecular complexity index is 823. The monoisotopic (exact) mass is 384 g/mol. The number of benzene rings is 2. The van der Waals surface area contributed by atoms with Crippen molar-refractivity contribution in [3.8, 4) is 0 Å². The van der Waals surface area contributed by atoms with E-state index in [1.54, 1.807) is 29.2 Å². The fraction of sp³-hybridized carbons (Fsp3) is 0.364. The maximum absolute atomic E-state index is 12.9. The highest BCUT2D eigenvalue weighted by Crippen LogP contribution is 2.25. The van der Waals surface area contributed by atoms with Gasteiger partial charge in [-0.15, -0.1) is 0 Å². The van der Waals surface area contributed by atoms with Crippen molar-refractivity contribution in [2.24, 2.45) is 0 Å². The van der Waals surface area contributed by atoms with Gasteiger partial charge in [0.1, 0.15) is 6.04 Å². The predicted octanol–water partition coefficient (Wildman–Crippen LogP) is 4.88. The molecule has 3 rings (SSSR count). The van der Waals surface area contributed by atoms with Crippen LogP contribution in [0.3, 0.4) is 0 Å². The van der Waals surface area contributed by atoms with Gasteiger partial charge in [-0.3, -0.25) is 9.59 Å². The topological polar surface area (TPSA) is 49.4 Å². The summed E-state index contributed by atoms with van der Waals surface area (Å²) < 4.78 is 0. The third-order valence-electron chi connectivity index (χ3n) is 4.93. The SMILES string of the molecule is CC(C)(C)c1ccc(C(=O)N2CCC[C@H]2C(=O)Nc2ccc(Cl)cc2)cc1. The van der Waals surface area contributed by atoms with Gasteiger partial charge >= 0.3 is 0 Å². The molecule has 2 aromatic rings. The quantitative estimate of drug-likeness (QED) is 0.819. The lowest BCUT2D eigenvalue weighted by Crippen LogP contribution is -2.43. The van der Waals surface area contributed by atoms with Crippen molar-refractivity contribution in [3.05, 3.63) is 64.7 Å². The molecule has 0 aromatic heterocycles. The molecule has 1 aliphatic rings. The first-order valence-electron chi connectivity index (χ1n) is 9.23. The lowest BCUT2D eigenvalue weighted by atomic mass is 9.86. The number of carbonyl (C=O) groups is 2. The molecular weight excluding hydrogens is 360 g/mol. The molecular formula is C22H25ClN2O2. The van der Waals surface area contributed by atoms with Gasteiger partial charge in [0.05, 0.1) is 0 Å². The van der Waals surface area contributed by atoms with Gasteiger partial charge in [-0.1, -0.05) is 44.5 Å². The largest absolute Gasteiger partial charge is 0.327 e. The molecule has 142 valence electrons. The maximum Gasteiger partial charge on any atom is 0.254 e. The van der Waals surface area contributed by atoms with E-state index < -0.39 is 6.04 Å². The molecule has 0 aliphatic carbocycles. The van der Waals surface area contributed by atoms with Gasteiger partial charge < -0.3 is 10.2 Å². The van der Waals surface area contributed by atoms with Crippen LogP contribution in [-0.4, -0.2) is 29.3 Å². The first kappa shape index (κ1) is 19.4. The van der Waals surface area contributed by atoms with E-state index in [1.807, 2.05) is 24.3 Å². The fourth-order valence-corrected chi connectivity index (χ4v) is 3.45. The third-order valence-corrected chi connectivity index (χ3v) is 5.18. The zero-order valence-electron chi connectivity index (χ0n) is 16.0. The minimum atomic E-state index is -0.449. The Balaban J connectivity index is 1.72. The van der Waals surface area contributed by atoms with Crippen LogP contribution in [0, 0.1) is 0 Å². The van der Waals surface area contributed by atoms with Gasteiger partial charge in [-0.05, 0) is 60.2 Å². The van der Waals surface area contributed by atoms with Crippen molar-refractivity contribution in [2.75, 3.05) is 11.9 Å². The molecule has 1 fully saturated rings. The van der Waals surface area contributed by atoms with E-state index in [-0.39, 0.29) is 17.2 Å². The van der Waals surface area contributed by atoms with Crippen molar-refractivity contribution in [1.82, 2.24) is 4.90 Å². The van der Waals surface area contributed by atoms with E-state index in [0.717, 1.165) is 6.42 Å². The second-order valence-electron chi connectivity index (χ2n) is 7.98. The predicted molar refractivity (Wildman–Crippen MR) is 109 cm³/mol. The first-order chi connectivity index (χ1) is 12.8. The van der Waals surface area contributed by atoms with Crippen LogP contribution in [0.25, 0.3) is 0 Å². The Hall–Kier alpha value is -2.33. The van der Waals surface area contributed by atoms with E-state index in [1.165, 1.54) is 5.56 Å². The number of hydrogen-bond donors (Lipinski definition) is 1. The number of nitrogens with one attached hydrogen (secondary N) is 1. The van der Waals surface area contributed by atoms with Gasteiger partial charge in [0.2, 0.25) is 5.91 Å². The highest BCUT2D eigenvalue weighted by molar-refractivity contribution is 6.30. The van der Waals surface area contributed by atoms with E-state index in [2.05, 4.69) is 26.1 Å². The molecule has 4 nitrogen and oxygen atoms in total. The van der Waals surface area contributed by atoms with Crippen LogP contribution in [0.2, 0.25) is 5.02 Å². The van der Waals surface area contributed by atoms with Crippen LogP contribution >= 0.6 is 11.6 Å². The summed E-state index contributed by atoms with van der Waals surface area (Å²) in [6.45, 7) is 7.02. The van der Waals surface area contributed by atoms with Gasteiger partial charge in [-0.25, -0.2) is 0 Å². The summed E-state index contributed by atoms with van der Waals surface area (Å²) in [5.74, 6) is -0.251. The van der Waals surface area contributed by atoms with Crippen LogP contribution in [0.4, 0.5) is 5.69 Å².